The van der Waals surface area contributed by atoms with Crippen molar-refractivity contribution in [3.63, 3.8) is 0 Å². The van der Waals surface area contributed by atoms with E-state index in [1.54, 1.807) is 12.1 Å². The van der Waals surface area contributed by atoms with E-state index in [4.69, 9.17) is 31.3 Å². The second kappa shape index (κ2) is 5.24. The number of aromatic nitrogens is 2. The monoisotopic (exact) mass is 269 g/mol. The molecule has 0 unspecified atom stereocenters. The van der Waals surface area contributed by atoms with Crippen LogP contribution in [0.5, 0.6) is 11.5 Å². The Balaban J connectivity index is 2.50. The largest absolute Gasteiger partial charge is 0.493 e. The average Bonchev–Trinajstić information content (AvgIpc) is 2.86. The van der Waals surface area contributed by atoms with Crippen LogP contribution in [0.1, 0.15) is 5.89 Å². The first-order valence-corrected chi connectivity index (χ1v) is 5.52. The molecule has 0 saturated carbocycles. The first-order valence-electron chi connectivity index (χ1n) is 5.14. The molecule has 0 saturated heterocycles. The second-order valence-electron chi connectivity index (χ2n) is 3.40. The highest BCUT2D eigenvalue weighted by Gasteiger charge is 2.15. The van der Waals surface area contributed by atoms with E-state index in [9.17, 15) is 0 Å². The van der Waals surface area contributed by atoms with Gasteiger partial charge in [-0.05, 0) is 6.07 Å². The minimum absolute atomic E-state index is 0.178. The Morgan fingerprint density at radius 1 is 1.28 bits per heavy atom. The van der Waals surface area contributed by atoms with Gasteiger partial charge in [-0.15, -0.1) is 0 Å². The van der Waals surface area contributed by atoms with E-state index < -0.39 is 0 Å². The lowest BCUT2D eigenvalue weighted by molar-refractivity contribution is 0.355. The van der Waals surface area contributed by atoms with E-state index in [0.717, 1.165) is 0 Å². The molecule has 0 fully saturated rings. The minimum atomic E-state index is 0.178. The molecule has 0 aliphatic rings. The minimum Gasteiger partial charge on any atom is -0.493 e. The van der Waals surface area contributed by atoms with Crippen LogP contribution < -0.4 is 15.2 Å². The summed E-state index contributed by atoms with van der Waals surface area (Å²) in [5.74, 6) is 1.78. The van der Waals surface area contributed by atoms with E-state index >= 15 is 0 Å². The molecule has 7 heteroatoms. The molecule has 0 aliphatic heterocycles. The van der Waals surface area contributed by atoms with Crippen molar-refractivity contribution in [2.24, 2.45) is 5.73 Å². The number of hydrogen-bond donors (Lipinski definition) is 1. The SMILES string of the molecule is COc1cc(Cl)c(-c2noc(CN)n2)cc1OC. The van der Waals surface area contributed by atoms with Crippen molar-refractivity contribution in [3.8, 4) is 22.9 Å². The third-order valence-electron chi connectivity index (χ3n) is 2.36. The zero-order valence-electron chi connectivity index (χ0n) is 9.94. The fourth-order valence-corrected chi connectivity index (χ4v) is 1.71. The van der Waals surface area contributed by atoms with Crippen LogP contribution in [-0.4, -0.2) is 24.4 Å². The van der Waals surface area contributed by atoms with Crippen molar-refractivity contribution in [1.82, 2.24) is 10.1 Å². The number of halogens is 1. The zero-order chi connectivity index (χ0) is 13.1. The predicted molar refractivity (Wildman–Crippen MR) is 65.7 cm³/mol. The van der Waals surface area contributed by atoms with Gasteiger partial charge in [-0.2, -0.15) is 4.98 Å². The zero-order valence-corrected chi connectivity index (χ0v) is 10.7. The van der Waals surface area contributed by atoms with Crippen molar-refractivity contribution in [1.29, 1.82) is 0 Å². The molecule has 0 aliphatic carbocycles. The normalized spacial score (nSPS) is 10.4. The van der Waals surface area contributed by atoms with E-state index in [0.29, 0.717) is 33.8 Å². The Morgan fingerprint density at radius 2 is 1.94 bits per heavy atom. The highest BCUT2D eigenvalue weighted by atomic mass is 35.5. The summed E-state index contributed by atoms with van der Waals surface area (Å²) in [4.78, 5) is 4.11. The second-order valence-corrected chi connectivity index (χ2v) is 3.81. The summed E-state index contributed by atoms with van der Waals surface area (Å²) >= 11 is 6.14. The van der Waals surface area contributed by atoms with E-state index in [2.05, 4.69) is 10.1 Å². The molecule has 0 atom stereocenters. The van der Waals surface area contributed by atoms with Gasteiger partial charge < -0.3 is 19.7 Å². The van der Waals surface area contributed by atoms with Crippen molar-refractivity contribution in [2.45, 2.75) is 6.54 Å². The van der Waals surface area contributed by atoms with Gasteiger partial charge in [0.2, 0.25) is 11.7 Å². The fraction of sp³-hybridized carbons (Fsp3) is 0.273. The van der Waals surface area contributed by atoms with Gasteiger partial charge in [-0.3, -0.25) is 0 Å². The first-order chi connectivity index (χ1) is 8.69. The van der Waals surface area contributed by atoms with Crippen molar-refractivity contribution in [2.75, 3.05) is 14.2 Å². The maximum absolute atomic E-state index is 6.14. The van der Waals surface area contributed by atoms with Crippen LogP contribution in [-0.2, 0) is 6.54 Å². The molecule has 0 spiro atoms. The summed E-state index contributed by atoms with van der Waals surface area (Å²) in [6.07, 6.45) is 0. The lowest BCUT2D eigenvalue weighted by atomic mass is 10.2. The van der Waals surface area contributed by atoms with Crippen molar-refractivity contribution >= 4 is 11.6 Å². The van der Waals surface area contributed by atoms with Gasteiger partial charge >= 0.3 is 0 Å². The van der Waals surface area contributed by atoms with Gasteiger partial charge in [0.15, 0.2) is 11.5 Å². The van der Waals surface area contributed by atoms with Gasteiger partial charge in [-0.25, -0.2) is 0 Å². The standard InChI is InChI=1S/C11H12ClN3O3/c1-16-8-3-6(7(12)4-9(8)17-2)11-14-10(5-13)18-15-11/h3-4H,5,13H2,1-2H3. The molecule has 0 amide bonds. The molecule has 96 valence electrons. The van der Waals surface area contributed by atoms with Crippen LogP contribution in [0, 0.1) is 0 Å². The molecule has 0 radical (unpaired) electrons. The average molecular weight is 270 g/mol. The highest BCUT2D eigenvalue weighted by molar-refractivity contribution is 6.33. The summed E-state index contributed by atoms with van der Waals surface area (Å²) in [6, 6.07) is 3.32. The number of hydrogen-bond acceptors (Lipinski definition) is 6. The maximum Gasteiger partial charge on any atom is 0.240 e. The Labute approximate surface area is 109 Å². The van der Waals surface area contributed by atoms with Crippen LogP contribution in [0.15, 0.2) is 16.7 Å². The summed E-state index contributed by atoms with van der Waals surface area (Å²) in [6.45, 7) is 0.178. The molecule has 1 heterocycles. The molecule has 1 aromatic heterocycles. The maximum atomic E-state index is 6.14. The quantitative estimate of drug-likeness (QED) is 0.912. The lowest BCUT2D eigenvalue weighted by Crippen LogP contribution is -1.96. The summed E-state index contributed by atoms with van der Waals surface area (Å²) < 4.78 is 15.3. The van der Waals surface area contributed by atoms with Gasteiger partial charge in [-0.1, -0.05) is 16.8 Å². The Morgan fingerprint density at radius 3 is 2.50 bits per heavy atom. The number of methoxy groups -OCH3 is 2. The lowest BCUT2D eigenvalue weighted by Gasteiger charge is -2.09. The fourth-order valence-electron chi connectivity index (χ4n) is 1.47. The predicted octanol–water partition coefficient (Wildman–Crippen LogP) is 1.87. The van der Waals surface area contributed by atoms with Crippen LogP contribution in [0.25, 0.3) is 11.4 Å². The molecular formula is C11H12ClN3O3. The summed E-state index contributed by atoms with van der Waals surface area (Å²) in [5.41, 5.74) is 6.00. The molecule has 6 nitrogen and oxygen atoms in total. The van der Waals surface area contributed by atoms with Crippen LogP contribution in [0.3, 0.4) is 0 Å². The van der Waals surface area contributed by atoms with Crippen LogP contribution >= 0.6 is 11.6 Å². The smallest absolute Gasteiger partial charge is 0.240 e. The first kappa shape index (κ1) is 12.7. The summed E-state index contributed by atoms with van der Waals surface area (Å²) in [5, 5.41) is 4.24. The molecular weight excluding hydrogens is 258 g/mol. The molecule has 2 rings (SSSR count). The van der Waals surface area contributed by atoms with Crippen molar-refractivity contribution < 1.29 is 14.0 Å². The van der Waals surface area contributed by atoms with Crippen LogP contribution in [0.2, 0.25) is 5.02 Å². The Bertz CT molecular complexity index is 556. The van der Waals surface area contributed by atoms with E-state index in [-0.39, 0.29) is 6.54 Å². The van der Waals surface area contributed by atoms with E-state index in [1.165, 1.54) is 14.2 Å². The number of nitrogens with zero attached hydrogens (tertiary/aromatic N) is 2. The molecule has 2 aromatic rings. The molecule has 2 N–H and O–H groups in total. The molecule has 0 bridgehead atoms. The van der Waals surface area contributed by atoms with E-state index in [1.807, 2.05) is 0 Å². The Kier molecular flexibility index (Phi) is 3.69. The summed E-state index contributed by atoms with van der Waals surface area (Å²) in [7, 11) is 3.08. The number of rotatable bonds is 4. The third-order valence-corrected chi connectivity index (χ3v) is 2.67. The van der Waals surface area contributed by atoms with Gasteiger partial charge in [0, 0.05) is 11.6 Å². The topological polar surface area (TPSA) is 83.4 Å². The molecule has 18 heavy (non-hydrogen) atoms. The third kappa shape index (κ3) is 2.25. The van der Waals surface area contributed by atoms with Crippen molar-refractivity contribution in [3.05, 3.63) is 23.0 Å². The van der Waals surface area contributed by atoms with Gasteiger partial charge in [0.05, 0.1) is 25.8 Å². The Hall–Kier alpha value is -1.79. The molecule has 1 aromatic carbocycles. The van der Waals surface area contributed by atoms with Gasteiger partial charge in [0.25, 0.3) is 0 Å². The van der Waals surface area contributed by atoms with Gasteiger partial charge in [0.1, 0.15) is 0 Å². The highest BCUT2D eigenvalue weighted by Crippen LogP contribution is 2.37. The number of ether oxygens (including phenoxy) is 2. The van der Waals surface area contributed by atoms with Crippen LogP contribution in [0.4, 0.5) is 0 Å². The number of benzene rings is 1. The number of nitrogens with two attached hydrogens (primary N) is 1.